The molecule has 2 aromatic rings. The smallest absolute Gasteiger partial charge is 0.243 e. The van der Waals surface area contributed by atoms with Gasteiger partial charge in [-0.3, -0.25) is 4.79 Å². The summed E-state index contributed by atoms with van der Waals surface area (Å²) in [5.74, 6) is 0.703. The van der Waals surface area contributed by atoms with Crippen molar-refractivity contribution in [2.24, 2.45) is 7.05 Å². The predicted molar refractivity (Wildman–Crippen MR) is 99.5 cm³/mol. The molecule has 1 amide bonds. The Kier molecular flexibility index (Phi) is 5.64. The van der Waals surface area contributed by atoms with E-state index in [9.17, 15) is 13.2 Å². The number of aromatic nitrogens is 3. The number of thioether (sulfide) groups is 1. The molecule has 1 N–H and O–H groups in total. The van der Waals surface area contributed by atoms with Gasteiger partial charge in [-0.1, -0.05) is 17.8 Å². The Morgan fingerprint density at radius 2 is 2.00 bits per heavy atom. The van der Waals surface area contributed by atoms with Crippen LogP contribution >= 0.6 is 11.8 Å². The molecule has 3 rings (SSSR count). The molecular weight excluding hydrogens is 374 g/mol. The maximum atomic E-state index is 12.6. The van der Waals surface area contributed by atoms with Crippen molar-refractivity contribution in [3.05, 3.63) is 30.1 Å². The maximum absolute atomic E-state index is 12.6. The Morgan fingerprint density at radius 1 is 1.27 bits per heavy atom. The van der Waals surface area contributed by atoms with Crippen molar-refractivity contribution in [2.75, 3.05) is 24.2 Å². The number of nitrogens with zero attached hydrogens (tertiary/aromatic N) is 4. The minimum atomic E-state index is -3.50. The van der Waals surface area contributed by atoms with Gasteiger partial charge < -0.3 is 9.88 Å². The van der Waals surface area contributed by atoms with Crippen molar-refractivity contribution < 1.29 is 13.2 Å². The average Bonchev–Trinajstić information content (AvgIpc) is 3.26. The molecular formula is C16H21N5O3S2. The fraction of sp³-hybridized carbons (Fsp3) is 0.438. The van der Waals surface area contributed by atoms with Gasteiger partial charge in [0.15, 0.2) is 5.16 Å². The zero-order valence-corrected chi connectivity index (χ0v) is 16.3. The number of anilines is 1. The monoisotopic (exact) mass is 395 g/mol. The molecule has 0 aliphatic carbocycles. The molecule has 10 heteroatoms. The lowest BCUT2D eigenvalue weighted by atomic mass is 10.3. The third-order valence-electron chi connectivity index (χ3n) is 4.21. The topological polar surface area (TPSA) is 97.2 Å². The summed E-state index contributed by atoms with van der Waals surface area (Å²) < 4.78 is 28.5. The highest BCUT2D eigenvalue weighted by atomic mass is 32.2. The first-order valence-electron chi connectivity index (χ1n) is 8.27. The van der Waals surface area contributed by atoms with E-state index in [4.69, 9.17) is 0 Å². The van der Waals surface area contributed by atoms with Crippen LogP contribution in [-0.4, -0.2) is 52.2 Å². The second kappa shape index (κ2) is 7.77. The molecule has 26 heavy (non-hydrogen) atoms. The summed E-state index contributed by atoms with van der Waals surface area (Å²) in [5.41, 5.74) is 0.463. The van der Waals surface area contributed by atoms with Crippen LogP contribution in [0.4, 0.5) is 5.69 Å². The number of hydrogen-bond acceptors (Lipinski definition) is 6. The second-order valence-electron chi connectivity index (χ2n) is 6.06. The number of aryl methyl sites for hydroxylation is 1. The molecule has 1 aliphatic heterocycles. The van der Waals surface area contributed by atoms with Gasteiger partial charge in [0, 0.05) is 25.8 Å². The molecule has 0 saturated carbocycles. The fourth-order valence-electron chi connectivity index (χ4n) is 2.65. The molecule has 1 saturated heterocycles. The third-order valence-corrected chi connectivity index (χ3v) is 7.12. The van der Waals surface area contributed by atoms with E-state index in [1.807, 2.05) is 14.0 Å². The molecule has 0 unspecified atom stereocenters. The molecule has 1 aromatic heterocycles. The molecule has 1 aromatic carbocycles. The summed E-state index contributed by atoms with van der Waals surface area (Å²) in [4.78, 5) is 12.4. The van der Waals surface area contributed by atoms with Gasteiger partial charge >= 0.3 is 0 Å². The summed E-state index contributed by atoms with van der Waals surface area (Å²) in [6.07, 6.45) is 1.77. The van der Waals surface area contributed by atoms with Crippen LogP contribution in [0, 0.1) is 6.92 Å². The molecule has 0 bridgehead atoms. The van der Waals surface area contributed by atoms with E-state index in [0.29, 0.717) is 23.9 Å². The standard InChI is InChI=1S/C16H21N5O3S2/c1-12-18-19-16(20(12)2)25-11-15(22)17-13-6-5-7-14(10-13)26(23,24)21-8-3-4-9-21/h5-7,10H,3-4,8-9,11H2,1-2H3,(H,17,22). The summed E-state index contributed by atoms with van der Waals surface area (Å²) in [6.45, 7) is 2.93. The van der Waals surface area contributed by atoms with Crippen molar-refractivity contribution in [1.29, 1.82) is 0 Å². The van der Waals surface area contributed by atoms with Crippen LogP contribution < -0.4 is 5.32 Å². The first-order chi connectivity index (χ1) is 12.4. The molecule has 8 nitrogen and oxygen atoms in total. The van der Waals surface area contributed by atoms with Crippen LogP contribution in [0.2, 0.25) is 0 Å². The van der Waals surface area contributed by atoms with Gasteiger partial charge in [0.25, 0.3) is 0 Å². The quantitative estimate of drug-likeness (QED) is 0.747. The van der Waals surface area contributed by atoms with E-state index in [1.165, 1.54) is 22.1 Å². The summed E-state index contributed by atoms with van der Waals surface area (Å²) in [5, 5.41) is 11.3. The van der Waals surface area contributed by atoms with Crippen molar-refractivity contribution in [3.63, 3.8) is 0 Å². The van der Waals surface area contributed by atoms with Gasteiger partial charge in [0.1, 0.15) is 5.82 Å². The molecule has 1 aliphatic rings. The van der Waals surface area contributed by atoms with Gasteiger partial charge in [-0.05, 0) is 38.0 Å². The first kappa shape index (κ1) is 18.9. The maximum Gasteiger partial charge on any atom is 0.243 e. The number of nitrogens with one attached hydrogen (secondary N) is 1. The Labute approximate surface area is 157 Å². The van der Waals surface area contributed by atoms with Crippen LogP contribution in [0.1, 0.15) is 18.7 Å². The van der Waals surface area contributed by atoms with Crippen LogP contribution in [-0.2, 0) is 21.9 Å². The lowest BCUT2D eigenvalue weighted by molar-refractivity contribution is -0.113. The molecule has 0 radical (unpaired) electrons. The van der Waals surface area contributed by atoms with Crippen LogP contribution in [0.3, 0.4) is 0 Å². The van der Waals surface area contributed by atoms with Gasteiger partial charge in [0.05, 0.1) is 10.6 Å². The Balaban J connectivity index is 1.64. The third kappa shape index (κ3) is 4.08. The van der Waals surface area contributed by atoms with E-state index in [1.54, 1.807) is 22.8 Å². The molecule has 140 valence electrons. The number of amides is 1. The molecule has 1 fully saturated rings. The number of carbonyl (C=O) groups excluding carboxylic acids is 1. The highest BCUT2D eigenvalue weighted by Gasteiger charge is 2.27. The van der Waals surface area contributed by atoms with Crippen molar-refractivity contribution in [3.8, 4) is 0 Å². The first-order valence-corrected chi connectivity index (χ1v) is 10.7. The Morgan fingerprint density at radius 3 is 2.65 bits per heavy atom. The number of hydrogen-bond donors (Lipinski definition) is 1. The lowest BCUT2D eigenvalue weighted by Crippen LogP contribution is -2.28. The predicted octanol–water partition coefficient (Wildman–Crippen LogP) is 1.64. The van der Waals surface area contributed by atoms with E-state index in [0.717, 1.165) is 18.7 Å². The van der Waals surface area contributed by atoms with E-state index in [-0.39, 0.29) is 16.6 Å². The van der Waals surface area contributed by atoms with Crippen molar-refractivity contribution >= 4 is 33.4 Å². The Hall–Kier alpha value is -1.91. The van der Waals surface area contributed by atoms with Gasteiger partial charge in [-0.25, -0.2) is 8.42 Å². The van der Waals surface area contributed by atoms with Gasteiger partial charge in [-0.15, -0.1) is 10.2 Å². The minimum Gasteiger partial charge on any atom is -0.325 e. The van der Waals surface area contributed by atoms with E-state index < -0.39 is 10.0 Å². The van der Waals surface area contributed by atoms with Crippen LogP contribution in [0.25, 0.3) is 0 Å². The number of rotatable bonds is 6. The SMILES string of the molecule is Cc1nnc(SCC(=O)Nc2cccc(S(=O)(=O)N3CCCC3)c2)n1C. The average molecular weight is 396 g/mol. The zero-order chi connectivity index (χ0) is 18.7. The van der Waals surface area contributed by atoms with E-state index in [2.05, 4.69) is 15.5 Å². The highest BCUT2D eigenvalue weighted by Crippen LogP contribution is 2.23. The number of carbonyl (C=O) groups is 1. The largest absolute Gasteiger partial charge is 0.325 e. The summed E-state index contributed by atoms with van der Waals surface area (Å²) in [6, 6.07) is 6.37. The fourth-order valence-corrected chi connectivity index (χ4v) is 4.97. The molecule has 2 heterocycles. The van der Waals surface area contributed by atoms with Gasteiger partial charge in [0.2, 0.25) is 15.9 Å². The summed E-state index contributed by atoms with van der Waals surface area (Å²) in [7, 11) is -1.66. The molecule has 0 spiro atoms. The second-order valence-corrected chi connectivity index (χ2v) is 8.95. The minimum absolute atomic E-state index is 0.162. The van der Waals surface area contributed by atoms with E-state index >= 15 is 0 Å². The number of benzene rings is 1. The normalized spacial score (nSPS) is 15.3. The zero-order valence-electron chi connectivity index (χ0n) is 14.7. The lowest BCUT2D eigenvalue weighted by Gasteiger charge is -2.16. The van der Waals surface area contributed by atoms with Crippen LogP contribution in [0.15, 0.2) is 34.3 Å². The van der Waals surface area contributed by atoms with Crippen molar-refractivity contribution in [1.82, 2.24) is 19.1 Å². The van der Waals surface area contributed by atoms with Crippen LogP contribution in [0.5, 0.6) is 0 Å². The van der Waals surface area contributed by atoms with Gasteiger partial charge in [-0.2, -0.15) is 4.31 Å². The molecule has 0 atom stereocenters. The Bertz CT molecular complexity index is 904. The number of sulfonamides is 1. The van der Waals surface area contributed by atoms with Crippen molar-refractivity contribution in [2.45, 2.75) is 29.8 Å². The summed E-state index contributed by atoms with van der Waals surface area (Å²) >= 11 is 1.28. The highest BCUT2D eigenvalue weighted by molar-refractivity contribution is 7.99.